The molecule has 110 valence electrons. The first kappa shape index (κ1) is 15.0. The van der Waals surface area contributed by atoms with Crippen LogP contribution in [-0.4, -0.2) is 30.1 Å². The molecule has 0 aromatic heterocycles. The molecule has 0 heterocycles. The molecule has 1 aliphatic carbocycles. The molecule has 1 aliphatic rings. The number of amides is 1. The normalized spacial score (nSPS) is 21.7. The molecule has 1 amide bonds. The summed E-state index contributed by atoms with van der Waals surface area (Å²) in [5.74, 6) is 1.63. The Morgan fingerprint density at radius 1 is 1.45 bits per heavy atom. The van der Waals surface area contributed by atoms with Crippen molar-refractivity contribution in [1.29, 1.82) is 0 Å². The van der Waals surface area contributed by atoms with Gasteiger partial charge in [0.1, 0.15) is 5.75 Å². The van der Waals surface area contributed by atoms with E-state index in [9.17, 15) is 4.79 Å². The highest BCUT2D eigenvalue weighted by molar-refractivity contribution is 7.99. The Morgan fingerprint density at radius 2 is 2.25 bits per heavy atom. The summed E-state index contributed by atoms with van der Waals surface area (Å²) in [5.41, 5.74) is 6.90. The average molecular weight is 294 g/mol. The minimum Gasteiger partial charge on any atom is -0.497 e. The van der Waals surface area contributed by atoms with Crippen molar-refractivity contribution in [2.75, 3.05) is 18.6 Å². The number of hydrogen-bond acceptors (Lipinski definition) is 4. The van der Waals surface area contributed by atoms with Gasteiger partial charge in [-0.05, 0) is 30.7 Å². The zero-order valence-electron chi connectivity index (χ0n) is 12.0. The van der Waals surface area contributed by atoms with Gasteiger partial charge < -0.3 is 15.8 Å². The Kier molecular flexibility index (Phi) is 5.17. The lowest BCUT2D eigenvalue weighted by Gasteiger charge is -2.20. The predicted molar refractivity (Wildman–Crippen MR) is 84.4 cm³/mol. The van der Waals surface area contributed by atoms with Crippen molar-refractivity contribution >= 4 is 23.4 Å². The molecule has 20 heavy (non-hydrogen) atoms. The van der Waals surface area contributed by atoms with Crippen molar-refractivity contribution in [3.8, 4) is 5.75 Å². The number of carbonyl (C=O) groups is 1. The Morgan fingerprint density at radius 3 is 2.95 bits per heavy atom. The van der Waals surface area contributed by atoms with E-state index in [4.69, 9.17) is 10.5 Å². The zero-order valence-corrected chi connectivity index (χ0v) is 12.8. The van der Waals surface area contributed by atoms with Crippen LogP contribution in [0.15, 0.2) is 18.2 Å². The second kappa shape index (κ2) is 6.88. The lowest BCUT2D eigenvalue weighted by molar-refractivity contribution is 0.0938. The molecule has 1 aromatic rings. The molecule has 0 spiro atoms. The van der Waals surface area contributed by atoms with Crippen molar-refractivity contribution in [2.45, 2.75) is 37.5 Å². The molecule has 2 unspecified atom stereocenters. The van der Waals surface area contributed by atoms with E-state index in [-0.39, 0.29) is 11.9 Å². The van der Waals surface area contributed by atoms with Crippen LogP contribution in [0.5, 0.6) is 5.75 Å². The van der Waals surface area contributed by atoms with E-state index in [1.54, 1.807) is 25.3 Å². The van der Waals surface area contributed by atoms with Crippen LogP contribution < -0.4 is 15.8 Å². The molecule has 1 aromatic carbocycles. The Balaban J connectivity index is 2.06. The summed E-state index contributed by atoms with van der Waals surface area (Å²) in [6.45, 7) is 2.16. The van der Waals surface area contributed by atoms with Gasteiger partial charge >= 0.3 is 0 Å². The summed E-state index contributed by atoms with van der Waals surface area (Å²) in [6.07, 6.45) is 3.43. The number of nitrogen functional groups attached to an aromatic ring is 1. The summed E-state index contributed by atoms with van der Waals surface area (Å²) in [5, 5.41) is 3.67. The first-order valence-corrected chi connectivity index (χ1v) is 8.06. The predicted octanol–water partition coefficient (Wildman–Crippen LogP) is 2.68. The number of thioether (sulfide) groups is 1. The fourth-order valence-corrected chi connectivity index (χ4v) is 3.83. The maximum Gasteiger partial charge on any atom is 0.251 e. The van der Waals surface area contributed by atoms with Gasteiger partial charge in [-0.3, -0.25) is 4.79 Å². The second-order valence-electron chi connectivity index (χ2n) is 5.00. The van der Waals surface area contributed by atoms with Crippen LogP contribution in [0.4, 0.5) is 5.69 Å². The SMILES string of the molecule is CCSC1CCCC1NC(=O)c1cc(N)cc(OC)c1. The largest absolute Gasteiger partial charge is 0.497 e. The molecular formula is C15H22N2O2S. The third-order valence-corrected chi connectivity index (χ3v) is 4.90. The maximum absolute atomic E-state index is 12.3. The summed E-state index contributed by atoms with van der Waals surface area (Å²) in [4.78, 5) is 12.3. The van der Waals surface area contributed by atoms with Crippen LogP contribution in [0.1, 0.15) is 36.5 Å². The van der Waals surface area contributed by atoms with Gasteiger partial charge in [-0.15, -0.1) is 0 Å². The molecule has 2 rings (SSSR count). The zero-order chi connectivity index (χ0) is 14.5. The topological polar surface area (TPSA) is 64.4 Å². The van der Waals surface area contributed by atoms with E-state index in [1.165, 1.54) is 12.8 Å². The van der Waals surface area contributed by atoms with Crippen molar-refractivity contribution in [2.24, 2.45) is 0 Å². The third-order valence-electron chi connectivity index (χ3n) is 3.58. The lowest BCUT2D eigenvalue weighted by Crippen LogP contribution is -2.38. The first-order chi connectivity index (χ1) is 9.63. The molecule has 3 N–H and O–H groups in total. The third kappa shape index (κ3) is 3.60. The van der Waals surface area contributed by atoms with Crippen molar-refractivity contribution in [1.82, 2.24) is 5.32 Å². The van der Waals surface area contributed by atoms with Crippen molar-refractivity contribution < 1.29 is 9.53 Å². The first-order valence-electron chi connectivity index (χ1n) is 7.01. The summed E-state index contributed by atoms with van der Waals surface area (Å²) in [6, 6.07) is 5.39. The van der Waals surface area contributed by atoms with Gasteiger partial charge in [0.15, 0.2) is 0 Å². The molecule has 0 radical (unpaired) electrons. The number of rotatable bonds is 5. The Hall–Kier alpha value is -1.36. The number of nitrogens with one attached hydrogen (secondary N) is 1. The second-order valence-corrected chi connectivity index (χ2v) is 6.52. The number of ether oxygens (including phenoxy) is 1. The number of hydrogen-bond donors (Lipinski definition) is 2. The van der Waals surface area contributed by atoms with E-state index < -0.39 is 0 Å². The summed E-state index contributed by atoms with van der Waals surface area (Å²) >= 11 is 1.93. The molecule has 0 aliphatic heterocycles. The van der Waals surface area contributed by atoms with Gasteiger partial charge in [0.25, 0.3) is 5.91 Å². The number of benzene rings is 1. The number of anilines is 1. The highest BCUT2D eigenvalue weighted by Crippen LogP contribution is 2.30. The molecule has 1 saturated carbocycles. The van der Waals surface area contributed by atoms with Gasteiger partial charge in [0.2, 0.25) is 0 Å². The quantitative estimate of drug-likeness (QED) is 0.820. The van der Waals surface area contributed by atoms with Crippen LogP contribution >= 0.6 is 11.8 Å². The Bertz CT molecular complexity index is 479. The fourth-order valence-electron chi connectivity index (χ4n) is 2.63. The van der Waals surface area contributed by atoms with Crippen LogP contribution in [-0.2, 0) is 0 Å². The Labute approximate surface area is 124 Å². The molecule has 5 heteroatoms. The van der Waals surface area contributed by atoms with Gasteiger partial charge in [-0.1, -0.05) is 13.3 Å². The van der Waals surface area contributed by atoms with E-state index in [2.05, 4.69) is 12.2 Å². The fraction of sp³-hybridized carbons (Fsp3) is 0.533. The maximum atomic E-state index is 12.3. The molecule has 4 nitrogen and oxygen atoms in total. The highest BCUT2D eigenvalue weighted by Gasteiger charge is 2.28. The van der Waals surface area contributed by atoms with Gasteiger partial charge in [0, 0.05) is 28.6 Å². The van der Waals surface area contributed by atoms with Gasteiger partial charge in [-0.2, -0.15) is 11.8 Å². The molecule has 0 bridgehead atoms. The van der Waals surface area contributed by atoms with Crippen LogP contribution in [0.2, 0.25) is 0 Å². The van der Waals surface area contributed by atoms with Crippen molar-refractivity contribution in [3.05, 3.63) is 23.8 Å². The number of nitrogens with two attached hydrogens (primary N) is 1. The molecular weight excluding hydrogens is 272 g/mol. The minimum atomic E-state index is -0.0656. The molecule has 2 atom stereocenters. The highest BCUT2D eigenvalue weighted by atomic mass is 32.2. The minimum absolute atomic E-state index is 0.0656. The molecule has 0 saturated heterocycles. The summed E-state index contributed by atoms with van der Waals surface area (Å²) < 4.78 is 5.15. The number of carbonyl (C=O) groups excluding carboxylic acids is 1. The van der Waals surface area contributed by atoms with Crippen LogP contribution in [0.25, 0.3) is 0 Å². The van der Waals surface area contributed by atoms with Gasteiger partial charge in [0.05, 0.1) is 7.11 Å². The lowest BCUT2D eigenvalue weighted by atomic mass is 10.1. The van der Waals surface area contributed by atoms with Crippen molar-refractivity contribution in [3.63, 3.8) is 0 Å². The summed E-state index contributed by atoms with van der Waals surface area (Å²) in [7, 11) is 1.57. The van der Waals surface area contributed by atoms with E-state index >= 15 is 0 Å². The van der Waals surface area contributed by atoms with Crippen LogP contribution in [0, 0.1) is 0 Å². The van der Waals surface area contributed by atoms with E-state index in [0.29, 0.717) is 22.3 Å². The molecule has 1 fully saturated rings. The van der Waals surface area contributed by atoms with Crippen LogP contribution in [0.3, 0.4) is 0 Å². The van der Waals surface area contributed by atoms with E-state index in [0.717, 1.165) is 12.2 Å². The van der Waals surface area contributed by atoms with Gasteiger partial charge in [-0.25, -0.2) is 0 Å². The monoisotopic (exact) mass is 294 g/mol. The number of methoxy groups -OCH3 is 1. The average Bonchev–Trinajstić information content (AvgIpc) is 2.85. The standard InChI is InChI=1S/C15H22N2O2S/c1-3-20-14-6-4-5-13(14)17-15(18)10-7-11(16)9-12(8-10)19-2/h7-9,13-14H,3-6,16H2,1-2H3,(H,17,18). The smallest absolute Gasteiger partial charge is 0.251 e. The van der Waals surface area contributed by atoms with E-state index in [1.807, 2.05) is 11.8 Å².